The van der Waals surface area contributed by atoms with Crippen molar-refractivity contribution in [1.29, 1.82) is 5.26 Å². The summed E-state index contributed by atoms with van der Waals surface area (Å²) in [6.45, 7) is 0. The number of hydrogen-bond acceptors (Lipinski definition) is 7. The molecule has 0 saturated heterocycles. The van der Waals surface area contributed by atoms with Crippen molar-refractivity contribution in [3.63, 3.8) is 0 Å². The quantitative estimate of drug-likeness (QED) is 0.845. The largest absolute Gasteiger partial charge is 0.404 e. The van der Waals surface area contributed by atoms with E-state index in [1.54, 1.807) is 36.0 Å². The molecule has 0 fully saturated rings. The number of thioether (sulfide) groups is 1. The Kier molecular flexibility index (Phi) is 4.52. The molecule has 0 saturated carbocycles. The molecule has 2 aromatic rings. The summed E-state index contributed by atoms with van der Waals surface area (Å²) in [6, 6.07) is 16.6. The number of benzene rings is 2. The van der Waals surface area contributed by atoms with E-state index < -0.39 is 20.9 Å². The van der Waals surface area contributed by atoms with Gasteiger partial charge in [0.25, 0.3) is 0 Å². The predicted molar refractivity (Wildman–Crippen MR) is 99.2 cm³/mol. The van der Waals surface area contributed by atoms with Crippen molar-refractivity contribution in [2.24, 2.45) is 0 Å². The fourth-order valence-corrected chi connectivity index (χ4v) is 5.61. The Labute approximate surface area is 160 Å². The molecule has 4 rings (SSSR count). The standard InChI is InChI=1S/C19H14N2O4S2/c20-10-16(27(23,24)12-6-2-1-3-7-12)18(22)19-14-11-26-15-9-5-4-8-13(15)17(14)21-25-19/h1-9,16-17,21H,11H2. The smallest absolute Gasteiger partial charge is 0.232 e. The number of hydroxylamine groups is 1. The first-order valence-electron chi connectivity index (χ1n) is 8.14. The summed E-state index contributed by atoms with van der Waals surface area (Å²) in [6.07, 6.45) is 0. The van der Waals surface area contributed by atoms with Crippen LogP contribution in [0.4, 0.5) is 0 Å². The van der Waals surface area contributed by atoms with Crippen molar-refractivity contribution in [1.82, 2.24) is 5.48 Å². The Hall–Kier alpha value is -2.60. The molecule has 0 aliphatic carbocycles. The molecule has 27 heavy (non-hydrogen) atoms. The Bertz CT molecular complexity index is 1090. The van der Waals surface area contributed by atoms with Crippen LogP contribution in [0.15, 0.2) is 75.7 Å². The zero-order valence-electron chi connectivity index (χ0n) is 14.0. The molecule has 2 aliphatic heterocycles. The van der Waals surface area contributed by atoms with Gasteiger partial charge in [0.2, 0.25) is 20.9 Å². The third kappa shape index (κ3) is 2.94. The number of hydrogen-bond donors (Lipinski definition) is 1. The summed E-state index contributed by atoms with van der Waals surface area (Å²) in [7, 11) is -4.15. The molecule has 2 atom stereocenters. The van der Waals surface area contributed by atoms with Crippen molar-refractivity contribution in [2.75, 3.05) is 5.75 Å². The molecule has 2 aromatic carbocycles. The Morgan fingerprint density at radius 2 is 1.89 bits per heavy atom. The fourth-order valence-electron chi connectivity index (χ4n) is 3.13. The second kappa shape index (κ2) is 6.85. The minimum atomic E-state index is -4.15. The fraction of sp³-hybridized carbons (Fsp3) is 0.158. The Morgan fingerprint density at radius 3 is 2.63 bits per heavy atom. The van der Waals surface area contributed by atoms with Crippen LogP contribution in [0.25, 0.3) is 0 Å². The predicted octanol–water partition coefficient (Wildman–Crippen LogP) is 2.56. The number of fused-ring (bicyclic) bond motifs is 3. The third-order valence-corrected chi connectivity index (χ3v) is 7.50. The van der Waals surface area contributed by atoms with Gasteiger partial charge in [-0.15, -0.1) is 17.2 Å². The van der Waals surface area contributed by atoms with E-state index in [1.165, 1.54) is 12.1 Å². The number of sulfone groups is 1. The number of nitrogens with one attached hydrogen (secondary N) is 1. The lowest BCUT2D eigenvalue weighted by Gasteiger charge is -2.22. The number of nitrogens with zero attached hydrogens (tertiary/aromatic N) is 1. The summed E-state index contributed by atoms with van der Waals surface area (Å²) in [5.41, 5.74) is 4.43. The molecule has 1 N–H and O–H groups in total. The van der Waals surface area contributed by atoms with Crippen molar-refractivity contribution in [3.05, 3.63) is 71.5 Å². The molecule has 0 radical (unpaired) electrons. The molecule has 2 unspecified atom stereocenters. The van der Waals surface area contributed by atoms with Gasteiger partial charge in [-0.1, -0.05) is 36.4 Å². The van der Waals surface area contributed by atoms with E-state index in [0.717, 1.165) is 10.5 Å². The van der Waals surface area contributed by atoms with Gasteiger partial charge in [0.1, 0.15) is 0 Å². The molecule has 8 heteroatoms. The van der Waals surface area contributed by atoms with Gasteiger partial charge in [-0.3, -0.25) is 4.79 Å². The van der Waals surface area contributed by atoms with Crippen LogP contribution in [-0.4, -0.2) is 25.2 Å². The lowest BCUT2D eigenvalue weighted by atomic mass is 9.98. The SMILES string of the molecule is N#CC(C(=O)C1=C2CSc3ccccc3C2NO1)S(=O)(=O)c1ccccc1. The lowest BCUT2D eigenvalue weighted by Crippen LogP contribution is -2.31. The maximum atomic E-state index is 12.9. The van der Waals surface area contributed by atoms with Gasteiger partial charge >= 0.3 is 0 Å². The topological polar surface area (TPSA) is 96.3 Å². The third-order valence-electron chi connectivity index (χ3n) is 4.49. The van der Waals surface area contributed by atoms with Crippen LogP contribution >= 0.6 is 11.8 Å². The zero-order valence-corrected chi connectivity index (χ0v) is 15.6. The van der Waals surface area contributed by atoms with Gasteiger partial charge in [-0.05, 0) is 23.8 Å². The van der Waals surface area contributed by atoms with E-state index in [2.05, 4.69) is 5.48 Å². The normalized spacial score (nSPS) is 19.4. The Balaban J connectivity index is 1.72. The molecule has 0 aromatic heterocycles. The first kappa shape index (κ1) is 17.8. The highest BCUT2D eigenvalue weighted by Crippen LogP contribution is 2.43. The van der Waals surface area contributed by atoms with Crippen LogP contribution in [0.2, 0.25) is 0 Å². The first-order valence-corrected chi connectivity index (χ1v) is 10.7. The number of Topliss-reactive ketones (excluding diaryl/α,β-unsaturated/α-hetero) is 1. The zero-order chi connectivity index (χ0) is 19.0. The highest BCUT2D eigenvalue weighted by Gasteiger charge is 2.43. The average Bonchev–Trinajstić information content (AvgIpc) is 3.13. The lowest BCUT2D eigenvalue weighted by molar-refractivity contribution is -0.118. The van der Waals surface area contributed by atoms with Crippen LogP contribution in [0, 0.1) is 11.3 Å². The number of rotatable bonds is 4. The molecule has 136 valence electrons. The van der Waals surface area contributed by atoms with Crippen LogP contribution in [-0.2, 0) is 19.5 Å². The Morgan fingerprint density at radius 1 is 1.19 bits per heavy atom. The molecule has 0 spiro atoms. The number of allylic oxidation sites excluding steroid dienone is 1. The monoisotopic (exact) mass is 398 g/mol. The summed E-state index contributed by atoms with van der Waals surface area (Å²) in [4.78, 5) is 19.3. The number of nitriles is 1. The summed E-state index contributed by atoms with van der Waals surface area (Å²) in [5.74, 6) is -0.432. The maximum Gasteiger partial charge on any atom is 0.232 e. The van der Waals surface area contributed by atoms with Gasteiger partial charge in [0, 0.05) is 16.2 Å². The van der Waals surface area contributed by atoms with Crippen LogP contribution in [0.1, 0.15) is 11.6 Å². The summed E-state index contributed by atoms with van der Waals surface area (Å²) < 4.78 is 25.5. The minimum absolute atomic E-state index is 0.0682. The van der Waals surface area contributed by atoms with Gasteiger partial charge in [0.05, 0.1) is 17.0 Å². The molecular formula is C19H14N2O4S2. The van der Waals surface area contributed by atoms with Gasteiger partial charge < -0.3 is 4.84 Å². The highest BCUT2D eigenvalue weighted by atomic mass is 32.2. The van der Waals surface area contributed by atoms with Crippen molar-refractivity contribution < 1.29 is 18.0 Å². The number of carbonyl (C=O) groups is 1. The molecule has 0 bridgehead atoms. The van der Waals surface area contributed by atoms with Crippen LogP contribution < -0.4 is 5.48 Å². The van der Waals surface area contributed by atoms with Crippen LogP contribution in [0.5, 0.6) is 0 Å². The number of carbonyl (C=O) groups excluding carboxylic acids is 1. The van der Waals surface area contributed by atoms with Crippen LogP contribution in [0.3, 0.4) is 0 Å². The highest BCUT2D eigenvalue weighted by molar-refractivity contribution is 7.99. The molecule has 2 aliphatic rings. The van der Waals surface area contributed by atoms with E-state index in [-0.39, 0.29) is 16.7 Å². The second-order valence-corrected chi connectivity index (χ2v) is 9.12. The second-order valence-electron chi connectivity index (χ2n) is 6.07. The van der Waals surface area contributed by atoms with Gasteiger partial charge in [-0.25, -0.2) is 8.42 Å². The van der Waals surface area contributed by atoms with E-state index >= 15 is 0 Å². The van der Waals surface area contributed by atoms with E-state index in [1.807, 2.05) is 24.3 Å². The van der Waals surface area contributed by atoms with Crippen molar-refractivity contribution in [3.8, 4) is 6.07 Å². The summed E-state index contributed by atoms with van der Waals surface area (Å²) >= 11 is 1.55. The maximum absolute atomic E-state index is 12.9. The molecule has 6 nitrogen and oxygen atoms in total. The summed E-state index contributed by atoms with van der Waals surface area (Å²) in [5, 5.41) is 7.60. The average molecular weight is 398 g/mol. The molecule has 2 heterocycles. The van der Waals surface area contributed by atoms with E-state index in [0.29, 0.717) is 11.3 Å². The first-order chi connectivity index (χ1) is 13.0. The van der Waals surface area contributed by atoms with E-state index in [4.69, 9.17) is 4.84 Å². The molecular weight excluding hydrogens is 384 g/mol. The van der Waals surface area contributed by atoms with E-state index in [9.17, 15) is 18.5 Å². The van der Waals surface area contributed by atoms with Gasteiger partial charge in [-0.2, -0.15) is 5.26 Å². The van der Waals surface area contributed by atoms with Crippen molar-refractivity contribution >= 4 is 27.4 Å². The van der Waals surface area contributed by atoms with Crippen molar-refractivity contribution in [2.45, 2.75) is 21.1 Å². The number of ketones is 1. The minimum Gasteiger partial charge on any atom is -0.404 e. The molecule has 0 amide bonds. The van der Waals surface area contributed by atoms with Gasteiger partial charge in [0.15, 0.2) is 5.76 Å².